The SMILES string of the molecule is NS(=O)(=O)CCNCc1ccc2c(c1)OCCCO2. The van der Waals surface area contributed by atoms with E-state index in [-0.39, 0.29) is 5.75 Å². The summed E-state index contributed by atoms with van der Waals surface area (Å²) in [7, 11) is -3.40. The summed E-state index contributed by atoms with van der Waals surface area (Å²) in [6, 6.07) is 5.71. The predicted octanol–water partition coefficient (Wildman–Crippen LogP) is 0.226. The van der Waals surface area contributed by atoms with Gasteiger partial charge in [0, 0.05) is 19.5 Å². The molecule has 7 heteroatoms. The maximum atomic E-state index is 10.8. The van der Waals surface area contributed by atoms with Crippen LogP contribution < -0.4 is 19.9 Å². The molecule has 1 aromatic rings. The Morgan fingerprint density at radius 1 is 1.21 bits per heavy atom. The number of hydrogen-bond acceptors (Lipinski definition) is 5. The van der Waals surface area contributed by atoms with Crippen LogP contribution >= 0.6 is 0 Å². The fourth-order valence-corrected chi connectivity index (χ4v) is 2.19. The summed E-state index contributed by atoms with van der Waals surface area (Å²) in [6.45, 7) is 2.20. The molecule has 19 heavy (non-hydrogen) atoms. The number of sulfonamides is 1. The molecule has 1 aliphatic heterocycles. The van der Waals surface area contributed by atoms with Crippen LogP contribution in [0.1, 0.15) is 12.0 Å². The van der Waals surface area contributed by atoms with Gasteiger partial charge in [0.25, 0.3) is 0 Å². The van der Waals surface area contributed by atoms with E-state index >= 15 is 0 Å². The molecule has 0 amide bonds. The Balaban J connectivity index is 1.89. The maximum Gasteiger partial charge on any atom is 0.210 e. The van der Waals surface area contributed by atoms with E-state index in [4.69, 9.17) is 14.6 Å². The highest BCUT2D eigenvalue weighted by Crippen LogP contribution is 2.30. The van der Waals surface area contributed by atoms with Crippen LogP contribution in [0.3, 0.4) is 0 Å². The van der Waals surface area contributed by atoms with Crippen LogP contribution in [0.2, 0.25) is 0 Å². The molecule has 1 aliphatic rings. The van der Waals surface area contributed by atoms with Crippen molar-refractivity contribution < 1.29 is 17.9 Å². The first kappa shape index (κ1) is 14.1. The first-order valence-electron chi connectivity index (χ1n) is 6.14. The predicted molar refractivity (Wildman–Crippen MR) is 71.7 cm³/mol. The standard InChI is InChI=1S/C12H18N2O4S/c13-19(15,16)7-4-14-9-10-2-3-11-12(8-10)18-6-1-5-17-11/h2-3,8,14H,1,4-7,9H2,(H2,13,15,16). The summed E-state index contributed by atoms with van der Waals surface area (Å²) >= 11 is 0. The number of benzene rings is 1. The molecule has 0 radical (unpaired) electrons. The van der Waals surface area contributed by atoms with E-state index in [0.717, 1.165) is 23.5 Å². The van der Waals surface area contributed by atoms with Crippen LogP contribution in [0.15, 0.2) is 18.2 Å². The third-order valence-electron chi connectivity index (χ3n) is 2.70. The van der Waals surface area contributed by atoms with E-state index in [0.29, 0.717) is 26.3 Å². The van der Waals surface area contributed by atoms with Gasteiger partial charge in [-0.1, -0.05) is 6.07 Å². The molecule has 0 spiro atoms. The van der Waals surface area contributed by atoms with Crippen molar-refractivity contribution in [2.24, 2.45) is 5.14 Å². The summed E-state index contributed by atoms with van der Waals surface area (Å²) < 4.78 is 32.7. The Morgan fingerprint density at radius 2 is 1.95 bits per heavy atom. The zero-order chi connectivity index (χ0) is 13.7. The minimum absolute atomic E-state index is 0.0719. The van der Waals surface area contributed by atoms with Crippen LogP contribution in [-0.4, -0.2) is 33.9 Å². The number of nitrogens with two attached hydrogens (primary N) is 1. The average Bonchev–Trinajstić information content (AvgIpc) is 2.58. The van der Waals surface area contributed by atoms with Gasteiger partial charge in [0.1, 0.15) is 0 Å². The lowest BCUT2D eigenvalue weighted by Crippen LogP contribution is -2.26. The molecule has 0 saturated carbocycles. The van der Waals surface area contributed by atoms with E-state index in [1.165, 1.54) is 0 Å². The van der Waals surface area contributed by atoms with Crippen molar-refractivity contribution in [2.75, 3.05) is 25.5 Å². The van der Waals surface area contributed by atoms with Gasteiger partial charge in [-0.2, -0.15) is 0 Å². The van der Waals surface area contributed by atoms with Crippen molar-refractivity contribution in [1.82, 2.24) is 5.32 Å². The summed E-state index contributed by atoms with van der Waals surface area (Å²) in [5, 5.41) is 7.94. The van der Waals surface area contributed by atoms with Gasteiger partial charge in [-0.3, -0.25) is 0 Å². The number of primary sulfonamides is 1. The van der Waals surface area contributed by atoms with Crippen LogP contribution in [0.4, 0.5) is 0 Å². The number of nitrogens with one attached hydrogen (secondary N) is 1. The second-order valence-electron chi connectivity index (χ2n) is 4.38. The number of ether oxygens (including phenoxy) is 2. The highest BCUT2D eigenvalue weighted by atomic mass is 32.2. The molecule has 1 heterocycles. The molecule has 0 saturated heterocycles. The molecule has 0 unspecified atom stereocenters. The first-order valence-corrected chi connectivity index (χ1v) is 7.86. The van der Waals surface area contributed by atoms with Gasteiger partial charge >= 0.3 is 0 Å². The monoisotopic (exact) mass is 286 g/mol. The lowest BCUT2D eigenvalue weighted by Gasteiger charge is -2.10. The third-order valence-corrected chi connectivity index (χ3v) is 3.48. The molecule has 106 valence electrons. The second-order valence-corrected chi connectivity index (χ2v) is 6.11. The topological polar surface area (TPSA) is 90.7 Å². The Morgan fingerprint density at radius 3 is 2.68 bits per heavy atom. The zero-order valence-electron chi connectivity index (χ0n) is 10.6. The Bertz CT molecular complexity index is 531. The van der Waals surface area contributed by atoms with Crippen molar-refractivity contribution in [1.29, 1.82) is 0 Å². The Hall–Kier alpha value is -1.31. The number of rotatable bonds is 5. The van der Waals surface area contributed by atoms with E-state index in [1.807, 2.05) is 18.2 Å². The molecule has 0 atom stereocenters. The van der Waals surface area contributed by atoms with Crippen molar-refractivity contribution in [2.45, 2.75) is 13.0 Å². The van der Waals surface area contributed by atoms with Crippen LogP contribution in [-0.2, 0) is 16.6 Å². The van der Waals surface area contributed by atoms with E-state index in [2.05, 4.69) is 5.32 Å². The lowest BCUT2D eigenvalue weighted by molar-refractivity contribution is 0.297. The molecule has 6 nitrogen and oxygen atoms in total. The normalized spacial score (nSPS) is 15.0. The summed E-state index contributed by atoms with van der Waals surface area (Å²) in [5.41, 5.74) is 1.01. The van der Waals surface area contributed by atoms with Crippen LogP contribution in [0, 0.1) is 0 Å². The molecule has 0 fully saturated rings. The molecule has 0 aromatic heterocycles. The minimum Gasteiger partial charge on any atom is -0.490 e. The largest absolute Gasteiger partial charge is 0.490 e. The molecular formula is C12H18N2O4S. The summed E-state index contributed by atoms with van der Waals surface area (Å²) in [5.74, 6) is 1.42. The summed E-state index contributed by atoms with van der Waals surface area (Å²) in [6.07, 6.45) is 0.872. The fraction of sp³-hybridized carbons (Fsp3) is 0.500. The molecule has 2 rings (SSSR count). The van der Waals surface area contributed by atoms with Crippen molar-refractivity contribution in [3.63, 3.8) is 0 Å². The fourth-order valence-electron chi connectivity index (χ4n) is 1.76. The highest BCUT2D eigenvalue weighted by Gasteiger charge is 2.10. The summed E-state index contributed by atoms with van der Waals surface area (Å²) in [4.78, 5) is 0. The van der Waals surface area contributed by atoms with E-state index in [9.17, 15) is 8.42 Å². The minimum atomic E-state index is -3.40. The van der Waals surface area contributed by atoms with Gasteiger partial charge < -0.3 is 14.8 Å². The molecule has 3 N–H and O–H groups in total. The molecule has 0 bridgehead atoms. The van der Waals surface area contributed by atoms with Crippen LogP contribution in [0.25, 0.3) is 0 Å². The first-order chi connectivity index (χ1) is 9.04. The molecular weight excluding hydrogens is 268 g/mol. The Kier molecular flexibility index (Phi) is 4.62. The quantitative estimate of drug-likeness (QED) is 0.756. The van der Waals surface area contributed by atoms with E-state index in [1.54, 1.807) is 0 Å². The average molecular weight is 286 g/mol. The van der Waals surface area contributed by atoms with E-state index < -0.39 is 10.0 Å². The lowest BCUT2D eigenvalue weighted by atomic mass is 10.2. The molecule has 0 aliphatic carbocycles. The number of hydrogen-bond donors (Lipinski definition) is 2. The van der Waals surface area contributed by atoms with Gasteiger partial charge in [-0.05, 0) is 17.7 Å². The van der Waals surface area contributed by atoms with Gasteiger partial charge in [0.15, 0.2) is 11.5 Å². The van der Waals surface area contributed by atoms with Crippen molar-refractivity contribution >= 4 is 10.0 Å². The molecule has 1 aromatic carbocycles. The van der Waals surface area contributed by atoms with Gasteiger partial charge in [-0.25, -0.2) is 13.6 Å². The smallest absolute Gasteiger partial charge is 0.210 e. The van der Waals surface area contributed by atoms with Crippen LogP contribution in [0.5, 0.6) is 11.5 Å². The number of fused-ring (bicyclic) bond motifs is 1. The van der Waals surface area contributed by atoms with Gasteiger partial charge in [0.05, 0.1) is 19.0 Å². The van der Waals surface area contributed by atoms with Crippen molar-refractivity contribution in [3.8, 4) is 11.5 Å². The van der Waals surface area contributed by atoms with Crippen molar-refractivity contribution in [3.05, 3.63) is 23.8 Å². The Labute approximate surface area is 112 Å². The third kappa shape index (κ3) is 4.70. The highest BCUT2D eigenvalue weighted by molar-refractivity contribution is 7.89. The van der Waals surface area contributed by atoms with Gasteiger partial charge in [0.2, 0.25) is 10.0 Å². The van der Waals surface area contributed by atoms with Gasteiger partial charge in [-0.15, -0.1) is 0 Å². The maximum absolute atomic E-state index is 10.8. The second kappa shape index (κ2) is 6.23. The zero-order valence-corrected chi connectivity index (χ0v) is 11.4.